The monoisotopic (exact) mass is 424 g/mol. The number of anilines is 2. The molecule has 5 rings (SSSR count). The number of nitrogens with zero attached hydrogens (tertiary/aromatic N) is 3. The Labute approximate surface area is 176 Å². The van der Waals surface area contributed by atoms with Crippen molar-refractivity contribution < 1.29 is 13.6 Å². The Bertz CT molecular complexity index is 1150. The Morgan fingerprint density at radius 3 is 2.67 bits per heavy atom. The standard InChI is InChI=1S/C21H23N5O3S/c1-13-21(9-3-2-4-10-21)26-17(19(27)23-13)11-14-12-22-20(25-18(14)26)24-15-5-7-16(8-6-15)30(28)29/h5-8,11-13H,2-4,9-10H2,1H3,(H,23,27)(H,28,29)(H,22,24,25)/p-1. The minimum Gasteiger partial charge on any atom is -0.768 e. The van der Waals surface area contributed by atoms with Gasteiger partial charge < -0.3 is 19.8 Å². The van der Waals surface area contributed by atoms with E-state index in [9.17, 15) is 13.6 Å². The van der Waals surface area contributed by atoms with Crippen molar-refractivity contribution in [3.05, 3.63) is 42.2 Å². The first-order chi connectivity index (χ1) is 14.5. The second-order valence-corrected chi connectivity index (χ2v) is 9.02. The SMILES string of the molecule is CC1NC(=O)c2cc3cnc(Nc4ccc(S(=O)[O-])cc4)nc3n2C12CCCCC2. The number of hydrogen-bond acceptors (Lipinski definition) is 6. The van der Waals surface area contributed by atoms with Gasteiger partial charge in [0, 0.05) is 28.2 Å². The fourth-order valence-electron chi connectivity index (χ4n) is 4.86. The third-order valence-corrected chi connectivity index (χ3v) is 7.05. The average molecular weight is 425 g/mol. The Balaban J connectivity index is 1.58. The van der Waals surface area contributed by atoms with E-state index >= 15 is 0 Å². The molecule has 1 spiro atoms. The molecule has 1 saturated carbocycles. The Morgan fingerprint density at radius 1 is 1.23 bits per heavy atom. The van der Waals surface area contributed by atoms with E-state index in [1.807, 2.05) is 6.07 Å². The Morgan fingerprint density at radius 2 is 1.97 bits per heavy atom. The van der Waals surface area contributed by atoms with Crippen LogP contribution in [0.1, 0.15) is 49.5 Å². The van der Waals surface area contributed by atoms with Crippen LogP contribution in [-0.2, 0) is 16.6 Å². The van der Waals surface area contributed by atoms with E-state index in [4.69, 9.17) is 4.98 Å². The molecule has 1 aliphatic heterocycles. The molecule has 2 unspecified atom stereocenters. The Hall–Kier alpha value is -2.78. The molecule has 2 atom stereocenters. The van der Waals surface area contributed by atoms with E-state index in [0.717, 1.165) is 36.7 Å². The normalized spacial score (nSPS) is 21.3. The van der Waals surface area contributed by atoms with Crippen LogP contribution < -0.4 is 10.6 Å². The van der Waals surface area contributed by atoms with Gasteiger partial charge in [0.15, 0.2) is 0 Å². The van der Waals surface area contributed by atoms with E-state index < -0.39 is 11.1 Å². The maximum absolute atomic E-state index is 12.7. The van der Waals surface area contributed by atoms with Crippen LogP contribution in [0.25, 0.3) is 11.0 Å². The van der Waals surface area contributed by atoms with Gasteiger partial charge in [0.05, 0.1) is 5.54 Å². The van der Waals surface area contributed by atoms with E-state index in [1.54, 1.807) is 18.3 Å². The number of rotatable bonds is 3. The molecule has 0 saturated heterocycles. The summed E-state index contributed by atoms with van der Waals surface area (Å²) in [7, 11) is 0. The van der Waals surface area contributed by atoms with Crippen LogP contribution in [0.3, 0.4) is 0 Å². The molecule has 8 nitrogen and oxygen atoms in total. The summed E-state index contributed by atoms with van der Waals surface area (Å²) in [5.41, 5.74) is 1.91. The fraction of sp³-hybridized carbons (Fsp3) is 0.381. The first-order valence-electron chi connectivity index (χ1n) is 10.1. The molecule has 0 radical (unpaired) electrons. The second kappa shape index (κ2) is 7.17. The van der Waals surface area contributed by atoms with Gasteiger partial charge in [0.25, 0.3) is 5.91 Å². The number of carbonyl (C=O) groups is 1. The summed E-state index contributed by atoms with van der Waals surface area (Å²) < 4.78 is 24.2. The number of benzene rings is 1. The summed E-state index contributed by atoms with van der Waals surface area (Å²) in [6.45, 7) is 2.08. The largest absolute Gasteiger partial charge is 0.768 e. The predicted octanol–water partition coefficient (Wildman–Crippen LogP) is 3.20. The van der Waals surface area contributed by atoms with Gasteiger partial charge in [-0.05, 0) is 61.2 Å². The van der Waals surface area contributed by atoms with Gasteiger partial charge in [-0.25, -0.2) is 4.98 Å². The molecule has 1 aliphatic carbocycles. The van der Waals surface area contributed by atoms with E-state index in [2.05, 4.69) is 27.1 Å². The van der Waals surface area contributed by atoms with Crippen molar-refractivity contribution in [3.63, 3.8) is 0 Å². The molecule has 1 amide bonds. The molecule has 2 aromatic heterocycles. The van der Waals surface area contributed by atoms with Crippen molar-refractivity contribution >= 4 is 39.7 Å². The zero-order chi connectivity index (χ0) is 20.9. The van der Waals surface area contributed by atoms with Crippen molar-refractivity contribution in [2.45, 2.75) is 55.5 Å². The molecule has 1 fully saturated rings. The third kappa shape index (κ3) is 3.00. The van der Waals surface area contributed by atoms with Crippen molar-refractivity contribution in [1.82, 2.24) is 19.9 Å². The highest BCUT2D eigenvalue weighted by atomic mass is 32.2. The number of fused-ring (bicyclic) bond motifs is 4. The van der Waals surface area contributed by atoms with E-state index in [0.29, 0.717) is 17.3 Å². The fourth-order valence-corrected chi connectivity index (χ4v) is 5.22. The highest BCUT2D eigenvalue weighted by Crippen LogP contribution is 2.43. The summed E-state index contributed by atoms with van der Waals surface area (Å²) >= 11 is -2.26. The lowest BCUT2D eigenvalue weighted by Crippen LogP contribution is -2.58. The highest BCUT2D eigenvalue weighted by Gasteiger charge is 2.46. The summed E-state index contributed by atoms with van der Waals surface area (Å²) in [6.07, 6.45) is 7.21. The van der Waals surface area contributed by atoms with Crippen molar-refractivity contribution in [2.75, 3.05) is 5.32 Å². The third-order valence-electron chi connectivity index (χ3n) is 6.39. The van der Waals surface area contributed by atoms with Crippen LogP contribution in [0.5, 0.6) is 0 Å². The zero-order valence-corrected chi connectivity index (χ0v) is 17.4. The van der Waals surface area contributed by atoms with Crippen LogP contribution >= 0.6 is 0 Å². The number of amides is 1. The number of aromatic nitrogens is 3. The van der Waals surface area contributed by atoms with Gasteiger partial charge in [-0.1, -0.05) is 19.3 Å². The molecule has 3 heterocycles. The van der Waals surface area contributed by atoms with E-state index in [-0.39, 0.29) is 22.4 Å². The molecule has 30 heavy (non-hydrogen) atoms. The van der Waals surface area contributed by atoms with Crippen LogP contribution in [0.4, 0.5) is 11.6 Å². The smallest absolute Gasteiger partial charge is 0.268 e. The number of hydrogen-bond donors (Lipinski definition) is 2. The van der Waals surface area contributed by atoms with Gasteiger partial charge >= 0.3 is 0 Å². The first kappa shape index (κ1) is 19.2. The predicted molar refractivity (Wildman–Crippen MR) is 112 cm³/mol. The average Bonchev–Trinajstić information content (AvgIpc) is 3.14. The molecule has 3 aromatic rings. The summed E-state index contributed by atoms with van der Waals surface area (Å²) in [6, 6.07) is 8.28. The molecule has 9 heteroatoms. The quantitative estimate of drug-likeness (QED) is 0.625. The summed E-state index contributed by atoms with van der Waals surface area (Å²) in [5.74, 6) is 0.330. The molecule has 1 aromatic carbocycles. The van der Waals surface area contributed by atoms with Gasteiger partial charge in [-0.2, -0.15) is 4.98 Å². The lowest BCUT2D eigenvalue weighted by Gasteiger charge is -2.47. The van der Waals surface area contributed by atoms with Crippen molar-refractivity contribution in [2.24, 2.45) is 0 Å². The van der Waals surface area contributed by atoms with Crippen molar-refractivity contribution in [3.8, 4) is 0 Å². The molecule has 2 aliphatic rings. The van der Waals surface area contributed by atoms with Gasteiger partial charge in [0.1, 0.15) is 11.3 Å². The Kier molecular flexibility index (Phi) is 4.59. The molecule has 156 valence electrons. The van der Waals surface area contributed by atoms with E-state index in [1.165, 1.54) is 18.6 Å². The number of carbonyl (C=O) groups excluding carboxylic acids is 1. The maximum atomic E-state index is 12.7. The van der Waals surface area contributed by atoms with Gasteiger partial charge in [-0.3, -0.25) is 9.00 Å². The second-order valence-electron chi connectivity index (χ2n) is 8.08. The van der Waals surface area contributed by atoms with Crippen LogP contribution in [0.2, 0.25) is 0 Å². The molecular weight excluding hydrogens is 402 g/mol. The topological polar surface area (TPSA) is 112 Å². The van der Waals surface area contributed by atoms with Crippen molar-refractivity contribution in [1.29, 1.82) is 0 Å². The van der Waals surface area contributed by atoms with Gasteiger partial charge in [0.2, 0.25) is 5.95 Å². The number of nitrogens with one attached hydrogen (secondary N) is 2. The summed E-state index contributed by atoms with van der Waals surface area (Å²) in [4.78, 5) is 22.1. The minimum absolute atomic E-state index is 0.0280. The van der Waals surface area contributed by atoms with Crippen LogP contribution in [0, 0.1) is 0 Å². The molecular formula is C21H22N5O3S-. The zero-order valence-electron chi connectivity index (χ0n) is 16.6. The molecule has 0 bridgehead atoms. The highest BCUT2D eigenvalue weighted by molar-refractivity contribution is 7.79. The summed E-state index contributed by atoms with van der Waals surface area (Å²) in [5, 5.41) is 7.12. The molecule has 2 N–H and O–H groups in total. The van der Waals surface area contributed by atoms with Crippen LogP contribution in [-0.4, -0.2) is 35.2 Å². The first-order valence-corrected chi connectivity index (χ1v) is 11.2. The lowest BCUT2D eigenvalue weighted by atomic mass is 9.75. The maximum Gasteiger partial charge on any atom is 0.268 e. The lowest BCUT2D eigenvalue weighted by molar-refractivity contribution is 0.0724. The van der Waals surface area contributed by atoms with Gasteiger partial charge in [-0.15, -0.1) is 0 Å². The minimum atomic E-state index is -2.26. The van der Waals surface area contributed by atoms with Crippen LogP contribution in [0.15, 0.2) is 41.4 Å².